The van der Waals surface area contributed by atoms with E-state index in [4.69, 9.17) is 5.73 Å². The van der Waals surface area contributed by atoms with Crippen LogP contribution in [0.2, 0.25) is 0 Å². The summed E-state index contributed by atoms with van der Waals surface area (Å²) in [5.74, 6) is -1.08. The number of carbonyl (C=O) groups excluding carboxylic acids is 3. The molecule has 0 aliphatic carbocycles. The van der Waals surface area contributed by atoms with E-state index in [0.717, 1.165) is 6.42 Å². The molecule has 2 atom stereocenters. The van der Waals surface area contributed by atoms with Crippen LogP contribution >= 0.6 is 0 Å². The number of likely N-dealkylation sites (tertiary alicyclic amines) is 1. The largest absolute Gasteiger partial charge is 0.368 e. The Kier molecular flexibility index (Phi) is 5.36. The summed E-state index contributed by atoms with van der Waals surface area (Å²) in [6.45, 7) is 9.75. The summed E-state index contributed by atoms with van der Waals surface area (Å²) in [7, 11) is 0. The lowest BCUT2D eigenvalue weighted by molar-refractivity contribution is -0.143. The van der Waals surface area contributed by atoms with Crippen LogP contribution in [0.3, 0.4) is 0 Å². The minimum Gasteiger partial charge on any atom is -0.368 e. The lowest BCUT2D eigenvalue weighted by Crippen LogP contribution is -2.57. The molecule has 3 N–H and O–H groups in total. The molecular weight excluding hydrogens is 270 g/mol. The molecule has 0 unspecified atom stereocenters. The molecule has 0 saturated carbocycles. The maximum atomic E-state index is 12.8. The van der Waals surface area contributed by atoms with Crippen molar-refractivity contribution in [1.82, 2.24) is 10.2 Å². The Morgan fingerprint density at radius 3 is 2.24 bits per heavy atom. The molecule has 6 heteroatoms. The van der Waals surface area contributed by atoms with Crippen LogP contribution in [-0.4, -0.2) is 41.2 Å². The number of primary amides is 1. The fraction of sp³-hybridized carbons (Fsp3) is 0.800. The summed E-state index contributed by atoms with van der Waals surface area (Å²) in [6.07, 6.45) is 1.35. The Morgan fingerprint density at radius 1 is 1.24 bits per heavy atom. The Labute approximate surface area is 126 Å². The van der Waals surface area contributed by atoms with Crippen molar-refractivity contribution in [2.45, 2.75) is 59.5 Å². The molecule has 1 saturated heterocycles. The summed E-state index contributed by atoms with van der Waals surface area (Å²) in [5, 5.41) is 2.81. The molecule has 1 fully saturated rings. The lowest BCUT2D eigenvalue weighted by Gasteiger charge is -2.35. The zero-order valence-electron chi connectivity index (χ0n) is 13.6. The Bertz CT molecular complexity index is 426. The molecule has 0 aromatic heterocycles. The zero-order chi connectivity index (χ0) is 16.4. The smallest absolute Gasteiger partial charge is 0.246 e. The molecule has 1 aliphatic heterocycles. The predicted molar refractivity (Wildman–Crippen MR) is 80.2 cm³/mol. The molecule has 0 spiro atoms. The van der Waals surface area contributed by atoms with Gasteiger partial charge in [-0.2, -0.15) is 0 Å². The van der Waals surface area contributed by atoms with Crippen molar-refractivity contribution in [1.29, 1.82) is 0 Å². The number of carbonyl (C=O) groups is 3. The molecule has 3 amide bonds. The second kappa shape index (κ2) is 6.45. The standard InChI is InChI=1S/C15H27N3O3/c1-9(2)13(20)17-11(15(3,4)5)14(21)18-8-6-7-10(18)12(16)19/h9-11H,6-8H2,1-5H3,(H2,16,19)(H,17,20)/t10-,11+/m0/s1. The normalized spacial score (nSPS) is 20.5. The van der Waals surface area contributed by atoms with Gasteiger partial charge in [0.15, 0.2) is 0 Å². The van der Waals surface area contributed by atoms with Gasteiger partial charge < -0.3 is 16.0 Å². The maximum Gasteiger partial charge on any atom is 0.246 e. The molecule has 0 aromatic rings. The van der Waals surface area contributed by atoms with Gasteiger partial charge in [0.25, 0.3) is 0 Å². The minimum atomic E-state index is -0.660. The zero-order valence-corrected chi connectivity index (χ0v) is 13.6. The highest BCUT2D eigenvalue weighted by atomic mass is 16.2. The number of nitrogens with zero attached hydrogens (tertiary/aromatic N) is 1. The van der Waals surface area contributed by atoms with Crippen LogP contribution in [0.5, 0.6) is 0 Å². The number of nitrogens with two attached hydrogens (primary N) is 1. The SMILES string of the molecule is CC(C)C(=O)N[C@H](C(=O)N1CCC[C@H]1C(N)=O)C(C)(C)C. The van der Waals surface area contributed by atoms with E-state index < -0.39 is 23.4 Å². The third-order valence-corrected chi connectivity index (χ3v) is 3.79. The Balaban J connectivity index is 2.95. The molecule has 0 aromatic carbocycles. The third kappa shape index (κ3) is 4.19. The van der Waals surface area contributed by atoms with E-state index in [1.807, 2.05) is 20.8 Å². The van der Waals surface area contributed by atoms with E-state index in [9.17, 15) is 14.4 Å². The van der Waals surface area contributed by atoms with Crippen molar-refractivity contribution in [3.05, 3.63) is 0 Å². The highest BCUT2D eigenvalue weighted by Crippen LogP contribution is 2.25. The highest BCUT2D eigenvalue weighted by molar-refractivity contribution is 5.92. The molecule has 1 heterocycles. The fourth-order valence-corrected chi connectivity index (χ4v) is 2.45. The first-order valence-electron chi connectivity index (χ1n) is 7.46. The van der Waals surface area contributed by atoms with Crippen LogP contribution < -0.4 is 11.1 Å². The van der Waals surface area contributed by atoms with Crippen LogP contribution in [0.4, 0.5) is 0 Å². The summed E-state index contributed by atoms with van der Waals surface area (Å²) in [4.78, 5) is 37.7. The van der Waals surface area contributed by atoms with Crippen LogP contribution in [0.15, 0.2) is 0 Å². The second-order valence-electron chi connectivity index (χ2n) is 7.05. The first-order chi connectivity index (χ1) is 9.55. The molecule has 1 rings (SSSR count). The number of amides is 3. The summed E-state index contributed by atoms with van der Waals surface area (Å²) < 4.78 is 0. The number of hydrogen-bond donors (Lipinski definition) is 2. The van der Waals surface area contributed by atoms with Gasteiger partial charge in [-0.05, 0) is 18.3 Å². The van der Waals surface area contributed by atoms with Crippen molar-refractivity contribution in [3.63, 3.8) is 0 Å². The monoisotopic (exact) mass is 297 g/mol. The van der Waals surface area contributed by atoms with Gasteiger partial charge in [-0.3, -0.25) is 14.4 Å². The van der Waals surface area contributed by atoms with Crippen molar-refractivity contribution < 1.29 is 14.4 Å². The average Bonchev–Trinajstić information content (AvgIpc) is 2.82. The average molecular weight is 297 g/mol. The quantitative estimate of drug-likeness (QED) is 0.798. The lowest BCUT2D eigenvalue weighted by atomic mass is 9.85. The van der Waals surface area contributed by atoms with Crippen molar-refractivity contribution in [2.75, 3.05) is 6.54 Å². The van der Waals surface area contributed by atoms with Gasteiger partial charge in [-0.25, -0.2) is 0 Å². The van der Waals surface area contributed by atoms with E-state index in [-0.39, 0.29) is 17.7 Å². The van der Waals surface area contributed by atoms with E-state index in [1.54, 1.807) is 13.8 Å². The van der Waals surface area contributed by atoms with Gasteiger partial charge in [-0.15, -0.1) is 0 Å². The fourth-order valence-electron chi connectivity index (χ4n) is 2.45. The van der Waals surface area contributed by atoms with Gasteiger partial charge in [0.1, 0.15) is 12.1 Å². The van der Waals surface area contributed by atoms with Crippen molar-refractivity contribution >= 4 is 17.7 Å². The first-order valence-corrected chi connectivity index (χ1v) is 7.46. The van der Waals surface area contributed by atoms with Crippen molar-refractivity contribution in [2.24, 2.45) is 17.1 Å². The number of nitrogens with one attached hydrogen (secondary N) is 1. The number of hydrogen-bond acceptors (Lipinski definition) is 3. The Morgan fingerprint density at radius 2 is 1.81 bits per heavy atom. The van der Waals surface area contributed by atoms with Gasteiger partial charge in [0.05, 0.1) is 0 Å². The van der Waals surface area contributed by atoms with Crippen LogP contribution in [-0.2, 0) is 14.4 Å². The van der Waals surface area contributed by atoms with Crippen LogP contribution in [0.25, 0.3) is 0 Å². The van der Waals surface area contributed by atoms with E-state index >= 15 is 0 Å². The molecule has 1 aliphatic rings. The molecule has 0 radical (unpaired) electrons. The topological polar surface area (TPSA) is 92.5 Å². The molecular formula is C15H27N3O3. The Hall–Kier alpha value is -1.59. The molecule has 6 nitrogen and oxygen atoms in total. The highest BCUT2D eigenvalue weighted by Gasteiger charge is 2.41. The predicted octanol–water partition coefficient (Wildman–Crippen LogP) is 0.650. The van der Waals surface area contributed by atoms with E-state index in [2.05, 4.69) is 5.32 Å². The molecule has 0 bridgehead atoms. The summed E-state index contributed by atoms with van der Waals surface area (Å²) in [5.41, 5.74) is 4.93. The van der Waals surface area contributed by atoms with Gasteiger partial charge in [0, 0.05) is 12.5 Å². The van der Waals surface area contributed by atoms with Crippen LogP contribution in [0.1, 0.15) is 47.5 Å². The second-order valence-corrected chi connectivity index (χ2v) is 7.05. The van der Waals surface area contributed by atoms with E-state index in [1.165, 1.54) is 4.90 Å². The minimum absolute atomic E-state index is 0.168. The van der Waals surface area contributed by atoms with Gasteiger partial charge in [0.2, 0.25) is 17.7 Å². The van der Waals surface area contributed by atoms with Gasteiger partial charge >= 0.3 is 0 Å². The maximum absolute atomic E-state index is 12.8. The van der Waals surface area contributed by atoms with E-state index in [0.29, 0.717) is 13.0 Å². The summed E-state index contributed by atoms with van der Waals surface area (Å²) >= 11 is 0. The molecule has 21 heavy (non-hydrogen) atoms. The summed E-state index contributed by atoms with van der Waals surface area (Å²) in [6, 6.07) is -1.22. The third-order valence-electron chi connectivity index (χ3n) is 3.79. The molecule has 120 valence electrons. The van der Waals surface area contributed by atoms with Crippen LogP contribution in [0, 0.1) is 11.3 Å². The van der Waals surface area contributed by atoms with Crippen molar-refractivity contribution in [3.8, 4) is 0 Å². The first kappa shape index (κ1) is 17.5. The van der Waals surface area contributed by atoms with Gasteiger partial charge in [-0.1, -0.05) is 34.6 Å². The number of rotatable bonds is 4.